The molecule has 0 aliphatic carbocycles. The minimum Gasteiger partial charge on any atom is -0.463 e. The van der Waals surface area contributed by atoms with Crippen LogP contribution < -0.4 is 11.4 Å². The summed E-state index contributed by atoms with van der Waals surface area (Å²) in [6.07, 6.45) is 1.16. The Morgan fingerprint density at radius 3 is 2.78 bits per heavy atom. The quantitative estimate of drug-likeness (QED) is 0.847. The Morgan fingerprint density at radius 2 is 2.17 bits per heavy atom. The molecule has 130 valence electrons. The number of carbonyl (C=O) groups is 1. The SMILES string of the molecule is CC.CC(C)C(=O)OCC1CCC(n2cc(F)c(N)nc2=O)O1. The highest BCUT2D eigenvalue weighted by Gasteiger charge is 2.29. The van der Waals surface area contributed by atoms with E-state index in [1.165, 1.54) is 0 Å². The van der Waals surface area contributed by atoms with Gasteiger partial charge < -0.3 is 15.2 Å². The van der Waals surface area contributed by atoms with E-state index in [9.17, 15) is 14.0 Å². The molecule has 0 spiro atoms. The van der Waals surface area contributed by atoms with E-state index in [0.29, 0.717) is 12.8 Å². The smallest absolute Gasteiger partial charge is 0.351 e. The molecule has 1 aliphatic rings. The van der Waals surface area contributed by atoms with Gasteiger partial charge in [-0.05, 0) is 12.8 Å². The van der Waals surface area contributed by atoms with E-state index >= 15 is 0 Å². The Kier molecular flexibility index (Phi) is 7.15. The van der Waals surface area contributed by atoms with Crippen molar-refractivity contribution >= 4 is 11.8 Å². The predicted octanol–water partition coefficient (Wildman–Crippen LogP) is 1.87. The van der Waals surface area contributed by atoms with Crippen LogP contribution in [-0.4, -0.2) is 28.2 Å². The van der Waals surface area contributed by atoms with Crippen LogP contribution in [0.15, 0.2) is 11.0 Å². The molecule has 8 heteroatoms. The highest BCUT2D eigenvalue weighted by Crippen LogP contribution is 2.27. The van der Waals surface area contributed by atoms with Crippen LogP contribution in [0, 0.1) is 11.7 Å². The number of ether oxygens (including phenoxy) is 2. The van der Waals surface area contributed by atoms with Crippen LogP contribution >= 0.6 is 0 Å². The standard InChI is InChI=1S/C13H18FN3O4.C2H6/c1-7(2)12(18)20-6-8-3-4-10(21-8)17-5-9(14)11(15)16-13(17)19;1-2/h5,7-8,10H,3-4,6H2,1-2H3,(H2,15,16,19);1-2H3. The zero-order chi connectivity index (χ0) is 17.6. The third-order valence-corrected chi connectivity index (χ3v) is 3.21. The van der Waals surface area contributed by atoms with Gasteiger partial charge in [0.15, 0.2) is 11.6 Å². The van der Waals surface area contributed by atoms with E-state index in [2.05, 4.69) is 4.98 Å². The molecule has 1 aromatic rings. The fourth-order valence-electron chi connectivity index (χ4n) is 2.02. The number of halogens is 1. The average Bonchev–Trinajstić information content (AvgIpc) is 2.99. The number of anilines is 1. The maximum Gasteiger partial charge on any atom is 0.351 e. The van der Waals surface area contributed by atoms with Gasteiger partial charge >= 0.3 is 11.7 Å². The van der Waals surface area contributed by atoms with E-state index in [4.69, 9.17) is 15.2 Å². The Morgan fingerprint density at radius 1 is 1.52 bits per heavy atom. The number of aromatic nitrogens is 2. The lowest BCUT2D eigenvalue weighted by Crippen LogP contribution is -2.29. The average molecular weight is 329 g/mol. The van der Waals surface area contributed by atoms with Crippen molar-refractivity contribution in [1.29, 1.82) is 0 Å². The first-order valence-electron chi connectivity index (χ1n) is 7.74. The molecule has 23 heavy (non-hydrogen) atoms. The zero-order valence-corrected chi connectivity index (χ0v) is 13.9. The van der Waals surface area contributed by atoms with Gasteiger partial charge in [-0.2, -0.15) is 4.98 Å². The molecule has 1 aromatic heterocycles. The molecule has 0 radical (unpaired) electrons. The lowest BCUT2D eigenvalue weighted by atomic mass is 10.2. The van der Waals surface area contributed by atoms with Crippen LogP contribution in [-0.2, 0) is 14.3 Å². The molecule has 1 aliphatic heterocycles. The number of nitrogens with zero attached hydrogens (tertiary/aromatic N) is 2. The van der Waals surface area contributed by atoms with Crippen molar-refractivity contribution in [3.63, 3.8) is 0 Å². The molecule has 0 amide bonds. The first kappa shape index (κ1) is 19.1. The maximum absolute atomic E-state index is 13.4. The molecular formula is C15H24FN3O4. The summed E-state index contributed by atoms with van der Waals surface area (Å²) in [5, 5.41) is 0. The minimum atomic E-state index is -0.770. The lowest BCUT2D eigenvalue weighted by molar-refractivity contribution is -0.152. The summed E-state index contributed by atoms with van der Waals surface area (Å²) >= 11 is 0. The summed E-state index contributed by atoms with van der Waals surface area (Å²) in [5.74, 6) is -1.72. The van der Waals surface area contributed by atoms with E-state index in [1.807, 2.05) is 13.8 Å². The molecule has 2 N–H and O–H groups in total. The second-order valence-corrected chi connectivity index (χ2v) is 5.24. The number of carbonyl (C=O) groups excluding carboxylic acids is 1. The Bertz CT molecular complexity index is 589. The van der Waals surface area contributed by atoms with Crippen LogP contribution in [0.1, 0.15) is 46.8 Å². The summed E-state index contributed by atoms with van der Waals surface area (Å²) in [6, 6.07) is 0. The van der Waals surface area contributed by atoms with Crippen molar-refractivity contribution in [1.82, 2.24) is 9.55 Å². The topological polar surface area (TPSA) is 96.4 Å². The number of esters is 1. The third kappa shape index (κ3) is 5.02. The van der Waals surface area contributed by atoms with Crippen molar-refractivity contribution in [2.24, 2.45) is 5.92 Å². The first-order valence-corrected chi connectivity index (χ1v) is 7.74. The highest BCUT2D eigenvalue weighted by molar-refractivity contribution is 5.71. The normalized spacial score (nSPS) is 20.1. The highest BCUT2D eigenvalue weighted by atomic mass is 19.1. The van der Waals surface area contributed by atoms with Gasteiger partial charge in [-0.15, -0.1) is 0 Å². The summed E-state index contributed by atoms with van der Waals surface area (Å²) < 4.78 is 25.1. The van der Waals surface area contributed by atoms with E-state index < -0.39 is 23.6 Å². The van der Waals surface area contributed by atoms with Crippen LogP contribution in [0.4, 0.5) is 10.2 Å². The van der Waals surface area contributed by atoms with Crippen molar-refractivity contribution in [3.8, 4) is 0 Å². The summed E-state index contributed by atoms with van der Waals surface area (Å²) in [5.41, 5.74) is 4.56. The third-order valence-electron chi connectivity index (χ3n) is 3.21. The molecule has 0 bridgehead atoms. The Balaban J connectivity index is 0.00000127. The minimum absolute atomic E-state index is 0.118. The molecule has 2 unspecified atom stereocenters. The lowest BCUT2D eigenvalue weighted by Gasteiger charge is -2.16. The molecule has 2 atom stereocenters. The molecular weight excluding hydrogens is 305 g/mol. The molecule has 0 saturated carbocycles. The van der Waals surface area contributed by atoms with Crippen molar-refractivity contribution in [2.45, 2.75) is 52.9 Å². The molecule has 1 saturated heterocycles. The molecule has 2 heterocycles. The number of nitrogen functional groups attached to an aromatic ring is 1. The van der Waals surface area contributed by atoms with Crippen LogP contribution in [0.3, 0.4) is 0 Å². The van der Waals surface area contributed by atoms with Gasteiger partial charge in [0.2, 0.25) is 0 Å². The monoisotopic (exact) mass is 329 g/mol. The Hall–Kier alpha value is -1.96. The van der Waals surface area contributed by atoms with E-state index in [0.717, 1.165) is 10.8 Å². The van der Waals surface area contributed by atoms with Gasteiger partial charge in [0, 0.05) is 0 Å². The van der Waals surface area contributed by atoms with E-state index in [-0.39, 0.29) is 24.6 Å². The summed E-state index contributed by atoms with van der Waals surface area (Å²) in [4.78, 5) is 26.4. The molecule has 2 rings (SSSR count). The van der Waals surface area contributed by atoms with Crippen LogP contribution in [0.5, 0.6) is 0 Å². The summed E-state index contributed by atoms with van der Waals surface area (Å²) in [7, 11) is 0. The number of nitrogens with two attached hydrogens (primary N) is 1. The Labute approximate surface area is 134 Å². The fraction of sp³-hybridized carbons (Fsp3) is 0.667. The second kappa shape index (κ2) is 8.61. The van der Waals surface area contributed by atoms with Crippen molar-refractivity contribution < 1.29 is 18.7 Å². The van der Waals surface area contributed by atoms with Gasteiger partial charge in [0.1, 0.15) is 12.8 Å². The maximum atomic E-state index is 13.4. The number of rotatable bonds is 4. The molecule has 7 nitrogen and oxygen atoms in total. The van der Waals surface area contributed by atoms with Crippen molar-refractivity contribution in [2.75, 3.05) is 12.3 Å². The first-order chi connectivity index (χ1) is 10.9. The van der Waals surface area contributed by atoms with Gasteiger partial charge in [-0.1, -0.05) is 27.7 Å². The van der Waals surface area contributed by atoms with Crippen LogP contribution in [0.2, 0.25) is 0 Å². The molecule has 1 fully saturated rings. The van der Waals surface area contributed by atoms with Crippen molar-refractivity contribution in [3.05, 3.63) is 22.5 Å². The number of hydrogen-bond acceptors (Lipinski definition) is 6. The fourth-order valence-corrected chi connectivity index (χ4v) is 2.02. The van der Waals surface area contributed by atoms with Crippen LogP contribution in [0.25, 0.3) is 0 Å². The largest absolute Gasteiger partial charge is 0.463 e. The zero-order valence-electron chi connectivity index (χ0n) is 13.9. The predicted molar refractivity (Wildman–Crippen MR) is 83.2 cm³/mol. The second-order valence-electron chi connectivity index (χ2n) is 5.24. The molecule has 0 aromatic carbocycles. The van der Waals surface area contributed by atoms with Gasteiger partial charge in [0.25, 0.3) is 0 Å². The number of hydrogen-bond donors (Lipinski definition) is 1. The van der Waals surface area contributed by atoms with Gasteiger partial charge in [-0.25, -0.2) is 9.18 Å². The van der Waals surface area contributed by atoms with Gasteiger partial charge in [0.05, 0.1) is 18.2 Å². The van der Waals surface area contributed by atoms with E-state index in [1.54, 1.807) is 13.8 Å². The summed E-state index contributed by atoms with van der Waals surface area (Å²) in [6.45, 7) is 7.60. The van der Waals surface area contributed by atoms with Gasteiger partial charge in [-0.3, -0.25) is 9.36 Å².